The maximum Gasteiger partial charge on any atom is 0.271 e. The molecule has 0 radical (unpaired) electrons. The van der Waals surface area contributed by atoms with E-state index in [2.05, 4.69) is 64.0 Å². The van der Waals surface area contributed by atoms with Crippen LogP contribution in [0.2, 0.25) is 0 Å². The largest absolute Gasteiger partial charge is 0.493 e. The van der Waals surface area contributed by atoms with Gasteiger partial charge in [0, 0.05) is 36.6 Å². The normalized spacial score (nSPS) is 14.3. The zero-order chi connectivity index (χ0) is 26.5. The molecular formula is C30H40N4O3. The average molecular weight is 505 g/mol. The molecule has 2 atom stereocenters. The monoisotopic (exact) mass is 504 g/mol. The van der Waals surface area contributed by atoms with Crippen molar-refractivity contribution in [3.05, 3.63) is 70.0 Å². The summed E-state index contributed by atoms with van der Waals surface area (Å²) in [6, 6.07) is 15.6. The van der Waals surface area contributed by atoms with Gasteiger partial charge in [0.25, 0.3) is 5.56 Å². The summed E-state index contributed by atoms with van der Waals surface area (Å²) in [6.07, 6.45) is 1.70. The minimum absolute atomic E-state index is 0.125. The highest BCUT2D eigenvalue weighted by atomic mass is 16.5. The number of aromatic nitrogens is 2. The van der Waals surface area contributed by atoms with Crippen molar-refractivity contribution in [2.24, 2.45) is 11.8 Å². The molecule has 37 heavy (non-hydrogen) atoms. The number of aryl methyl sites for hydroxylation is 2. The first-order chi connectivity index (χ1) is 17.7. The number of hydrogen-bond acceptors (Lipinski definition) is 6. The fourth-order valence-electron chi connectivity index (χ4n) is 4.96. The second-order valence-corrected chi connectivity index (χ2v) is 10.9. The van der Waals surface area contributed by atoms with Crippen molar-refractivity contribution in [2.75, 3.05) is 54.5 Å². The Kier molecular flexibility index (Phi) is 8.67. The Morgan fingerprint density at radius 1 is 0.811 bits per heavy atom. The van der Waals surface area contributed by atoms with Crippen LogP contribution >= 0.6 is 0 Å². The number of ether oxygens (including phenoxy) is 2. The molecule has 7 nitrogen and oxygen atoms in total. The molecule has 1 heterocycles. The molecule has 2 aromatic carbocycles. The number of benzene rings is 2. The van der Waals surface area contributed by atoms with Gasteiger partial charge in [-0.25, -0.2) is 0 Å². The van der Waals surface area contributed by atoms with Crippen LogP contribution in [0.25, 0.3) is 16.9 Å². The predicted octanol–water partition coefficient (Wildman–Crippen LogP) is 4.15. The van der Waals surface area contributed by atoms with E-state index in [0.29, 0.717) is 25.0 Å². The Morgan fingerprint density at radius 2 is 1.38 bits per heavy atom. The van der Waals surface area contributed by atoms with Crippen molar-refractivity contribution in [3.8, 4) is 28.4 Å². The van der Waals surface area contributed by atoms with E-state index in [1.165, 1.54) is 10.2 Å². The summed E-state index contributed by atoms with van der Waals surface area (Å²) in [7, 11) is 8.28. The summed E-state index contributed by atoms with van der Waals surface area (Å²) in [5.41, 5.74) is 4.71. The van der Waals surface area contributed by atoms with Crippen molar-refractivity contribution < 1.29 is 9.47 Å². The number of fused-ring (bicyclic) bond motifs is 3. The van der Waals surface area contributed by atoms with Gasteiger partial charge in [-0.1, -0.05) is 19.9 Å². The Hall–Kier alpha value is -3.16. The van der Waals surface area contributed by atoms with Crippen molar-refractivity contribution in [2.45, 2.75) is 26.7 Å². The van der Waals surface area contributed by atoms with Crippen LogP contribution in [0.1, 0.15) is 25.0 Å². The van der Waals surface area contributed by atoms with E-state index in [1.807, 2.05) is 30.3 Å². The standard InChI is InChI=1S/C30H40N4O3/c1-21(17-32(3)4)19-36-26-13-10-25(11-14-26)34-29(35)15-24-8-7-23-9-12-27(16-28(23)30(24)31-34)37-20-22(2)18-33(5)6/h9-16,21-22H,7-8,17-20H2,1-6H3. The summed E-state index contributed by atoms with van der Waals surface area (Å²) in [4.78, 5) is 17.3. The highest BCUT2D eigenvalue weighted by Crippen LogP contribution is 2.34. The van der Waals surface area contributed by atoms with Crippen LogP contribution in [-0.2, 0) is 12.8 Å². The van der Waals surface area contributed by atoms with Crippen LogP contribution in [0.3, 0.4) is 0 Å². The Balaban J connectivity index is 1.54. The van der Waals surface area contributed by atoms with Crippen molar-refractivity contribution in [3.63, 3.8) is 0 Å². The molecule has 2 unspecified atom stereocenters. The quantitative estimate of drug-likeness (QED) is 0.391. The molecule has 0 N–H and O–H groups in total. The van der Waals surface area contributed by atoms with E-state index in [1.54, 1.807) is 6.07 Å². The highest BCUT2D eigenvalue weighted by Gasteiger charge is 2.21. The van der Waals surface area contributed by atoms with E-state index in [-0.39, 0.29) is 5.56 Å². The third kappa shape index (κ3) is 6.99. The van der Waals surface area contributed by atoms with Crippen LogP contribution in [0.5, 0.6) is 11.5 Å². The summed E-state index contributed by atoms with van der Waals surface area (Å²) in [5, 5.41) is 4.83. The first-order valence-corrected chi connectivity index (χ1v) is 13.1. The maximum atomic E-state index is 13.0. The number of rotatable bonds is 11. The van der Waals surface area contributed by atoms with Gasteiger partial charge in [0.05, 0.1) is 24.6 Å². The van der Waals surface area contributed by atoms with Gasteiger partial charge in [-0.2, -0.15) is 9.78 Å². The lowest BCUT2D eigenvalue weighted by Crippen LogP contribution is -2.24. The van der Waals surface area contributed by atoms with Gasteiger partial charge in [-0.15, -0.1) is 0 Å². The molecular weight excluding hydrogens is 464 g/mol. The summed E-state index contributed by atoms with van der Waals surface area (Å²) < 4.78 is 13.6. The smallest absolute Gasteiger partial charge is 0.271 e. The number of hydrogen-bond donors (Lipinski definition) is 0. The van der Waals surface area contributed by atoms with Crippen molar-refractivity contribution >= 4 is 0 Å². The van der Waals surface area contributed by atoms with E-state index in [0.717, 1.165) is 59.9 Å². The van der Waals surface area contributed by atoms with E-state index >= 15 is 0 Å². The molecule has 0 saturated carbocycles. The molecule has 1 aliphatic rings. The second-order valence-electron chi connectivity index (χ2n) is 10.9. The molecule has 0 fully saturated rings. The summed E-state index contributed by atoms with van der Waals surface area (Å²) in [6.45, 7) is 7.59. The van der Waals surface area contributed by atoms with Gasteiger partial charge in [0.1, 0.15) is 11.5 Å². The molecule has 0 spiro atoms. The number of nitrogens with zero attached hydrogens (tertiary/aromatic N) is 4. The van der Waals surface area contributed by atoms with Crippen molar-refractivity contribution in [1.29, 1.82) is 0 Å². The van der Waals surface area contributed by atoms with Gasteiger partial charge >= 0.3 is 0 Å². The van der Waals surface area contributed by atoms with Gasteiger partial charge < -0.3 is 19.3 Å². The van der Waals surface area contributed by atoms with Gasteiger partial charge in [-0.05, 0) is 88.6 Å². The highest BCUT2D eigenvalue weighted by molar-refractivity contribution is 5.70. The topological polar surface area (TPSA) is 59.8 Å². The maximum absolute atomic E-state index is 13.0. The Labute approximate surface area is 220 Å². The first kappa shape index (κ1) is 26.9. The van der Waals surface area contributed by atoms with E-state index in [9.17, 15) is 4.79 Å². The predicted molar refractivity (Wildman–Crippen MR) is 149 cm³/mol. The minimum atomic E-state index is -0.125. The molecule has 1 aromatic heterocycles. The van der Waals surface area contributed by atoms with E-state index in [4.69, 9.17) is 14.6 Å². The Bertz CT molecular complexity index is 1250. The third-order valence-corrected chi connectivity index (χ3v) is 6.51. The zero-order valence-corrected chi connectivity index (χ0v) is 23.0. The van der Waals surface area contributed by atoms with Crippen LogP contribution < -0.4 is 15.0 Å². The molecule has 0 saturated heterocycles. The van der Waals surface area contributed by atoms with Crippen LogP contribution in [0.15, 0.2) is 53.3 Å². The molecule has 3 aromatic rings. The second kappa shape index (κ2) is 11.9. The van der Waals surface area contributed by atoms with E-state index < -0.39 is 0 Å². The van der Waals surface area contributed by atoms with Gasteiger partial charge in [0.15, 0.2) is 0 Å². The average Bonchev–Trinajstić information content (AvgIpc) is 2.85. The molecule has 0 bridgehead atoms. The van der Waals surface area contributed by atoms with Crippen molar-refractivity contribution in [1.82, 2.24) is 19.6 Å². The summed E-state index contributed by atoms with van der Waals surface area (Å²) >= 11 is 0. The fraction of sp³-hybridized carbons (Fsp3) is 0.467. The molecule has 0 aliphatic heterocycles. The lowest BCUT2D eigenvalue weighted by molar-refractivity contribution is 0.222. The lowest BCUT2D eigenvalue weighted by atomic mass is 9.89. The molecule has 198 valence electrons. The van der Waals surface area contributed by atoms with Crippen LogP contribution in [0.4, 0.5) is 0 Å². The Morgan fingerprint density at radius 3 is 2.00 bits per heavy atom. The molecule has 7 heteroatoms. The zero-order valence-electron chi connectivity index (χ0n) is 23.0. The van der Waals surface area contributed by atoms with Gasteiger partial charge in [0.2, 0.25) is 0 Å². The summed E-state index contributed by atoms with van der Waals surface area (Å²) in [5.74, 6) is 2.47. The molecule has 4 rings (SSSR count). The third-order valence-electron chi connectivity index (χ3n) is 6.51. The van der Waals surface area contributed by atoms with Crippen LogP contribution in [-0.4, -0.2) is 74.1 Å². The lowest BCUT2D eigenvalue weighted by Gasteiger charge is -2.22. The first-order valence-electron chi connectivity index (χ1n) is 13.1. The molecule has 0 amide bonds. The van der Waals surface area contributed by atoms with Crippen LogP contribution in [0, 0.1) is 11.8 Å². The SMILES string of the molecule is CC(COc1ccc(-n2nc3c(cc2=O)CCc2ccc(OCC(C)CN(C)C)cc2-3)cc1)CN(C)C. The molecule has 1 aliphatic carbocycles. The fourth-order valence-corrected chi connectivity index (χ4v) is 4.96. The van der Waals surface area contributed by atoms with Gasteiger partial charge in [-0.3, -0.25) is 4.79 Å². The minimum Gasteiger partial charge on any atom is -0.493 e.